The van der Waals surface area contributed by atoms with E-state index in [9.17, 15) is 17.6 Å². The summed E-state index contributed by atoms with van der Waals surface area (Å²) in [5, 5.41) is 8.94. The van der Waals surface area contributed by atoms with Crippen LogP contribution in [0, 0.1) is 5.82 Å². The number of thiophene rings is 1. The van der Waals surface area contributed by atoms with Gasteiger partial charge in [-0.1, -0.05) is 6.07 Å². The smallest absolute Gasteiger partial charge is 0.291 e. The van der Waals surface area contributed by atoms with E-state index in [-0.39, 0.29) is 23.1 Å². The van der Waals surface area contributed by atoms with Crippen molar-refractivity contribution in [3.8, 4) is 16.4 Å². The van der Waals surface area contributed by atoms with E-state index in [1.54, 1.807) is 19.1 Å². The molecule has 7 nitrogen and oxygen atoms in total. The predicted octanol–water partition coefficient (Wildman–Crippen LogP) is 2.44. The van der Waals surface area contributed by atoms with Gasteiger partial charge in [0.05, 0.1) is 27.6 Å². The lowest BCUT2D eigenvalue weighted by atomic mass is 10.0. The Labute approximate surface area is 165 Å². The second kappa shape index (κ2) is 6.78. The minimum Gasteiger partial charge on any atom is -0.343 e. The molecule has 1 atom stereocenters. The number of aromatic nitrogens is 3. The zero-order valence-electron chi connectivity index (χ0n) is 14.9. The number of hydrogen-bond donors (Lipinski definition) is 1. The normalized spacial score (nSPS) is 20.9. The highest BCUT2D eigenvalue weighted by molar-refractivity contribution is 7.91. The van der Waals surface area contributed by atoms with Crippen molar-refractivity contribution in [3.63, 3.8) is 0 Å². The third-order valence-electron chi connectivity index (χ3n) is 4.54. The van der Waals surface area contributed by atoms with Crippen molar-refractivity contribution in [2.24, 2.45) is 0 Å². The molecule has 0 bridgehead atoms. The van der Waals surface area contributed by atoms with E-state index in [1.165, 1.54) is 28.2 Å². The van der Waals surface area contributed by atoms with Crippen LogP contribution in [0.3, 0.4) is 0 Å². The van der Waals surface area contributed by atoms with Crippen molar-refractivity contribution >= 4 is 27.1 Å². The molecule has 146 valence electrons. The Hall–Kier alpha value is -2.59. The summed E-state index contributed by atoms with van der Waals surface area (Å²) in [6.45, 7) is 1.70. The molecule has 1 aliphatic rings. The molecule has 1 unspecified atom stereocenters. The van der Waals surface area contributed by atoms with Gasteiger partial charge in [-0.2, -0.15) is 0 Å². The van der Waals surface area contributed by atoms with Crippen LogP contribution in [0.4, 0.5) is 4.39 Å². The molecule has 1 amide bonds. The lowest BCUT2D eigenvalue weighted by molar-refractivity contribution is 0.0904. The maximum Gasteiger partial charge on any atom is 0.291 e. The van der Waals surface area contributed by atoms with Crippen LogP contribution >= 0.6 is 11.3 Å². The minimum absolute atomic E-state index is 0.0433. The van der Waals surface area contributed by atoms with E-state index >= 15 is 0 Å². The Morgan fingerprint density at radius 3 is 2.64 bits per heavy atom. The van der Waals surface area contributed by atoms with E-state index in [0.29, 0.717) is 17.9 Å². The molecular formula is C18H17FN4O3S2. The highest BCUT2D eigenvalue weighted by atomic mass is 32.2. The number of benzene rings is 1. The second-order valence-electron chi connectivity index (χ2n) is 6.98. The molecule has 4 rings (SSSR count). The van der Waals surface area contributed by atoms with Gasteiger partial charge < -0.3 is 5.32 Å². The van der Waals surface area contributed by atoms with E-state index in [0.717, 1.165) is 4.88 Å². The summed E-state index contributed by atoms with van der Waals surface area (Å²) in [6.07, 6.45) is 0.345. The van der Waals surface area contributed by atoms with E-state index in [4.69, 9.17) is 0 Å². The number of rotatable bonds is 4. The van der Waals surface area contributed by atoms with Crippen LogP contribution in [0.1, 0.15) is 24.0 Å². The molecule has 1 aliphatic heterocycles. The first-order valence-corrected chi connectivity index (χ1v) is 11.2. The summed E-state index contributed by atoms with van der Waals surface area (Å²) in [5.41, 5.74) is -0.286. The Morgan fingerprint density at radius 1 is 1.29 bits per heavy atom. The third kappa shape index (κ3) is 3.69. The number of hydrogen-bond acceptors (Lipinski definition) is 6. The number of nitrogens with one attached hydrogen (secondary N) is 1. The van der Waals surface area contributed by atoms with Crippen LogP contribution in [0.15, 0.2) is 41.8 Å². The fourth-order valence-electron chi connectivity index (χ4n) is 3.17. The maximum atomic E-state index is 13.3. The molecule has 0 spiro atoms. The second-order valence-corrected chi connectivity index (χ2v) is 10.1. The summed E-state index contributed by atoms with van der Waals surface area (Å²) in [7, 11) is -3.16. The van der Waals surface area contributed by atoms with Crippen LogP contribution in [0.5, 0.6) is 0 Å². The number of halogens is 1. The number of sulfone groups is 1. The molecule has 0 radical (unpaired) electrons. The predicted molar refractivity (Wildman–Crippen MR) is 104 cm³/mol. The lowest BCUT2D eigenvalue weighted by Crippen LogP contribution is -2.47. The summed E-state index contributed by atoms with van der Waals surface area (Å²) >= 11 is 1.44. The van der Waals surface area contributed by atoms with Gasteiger partial charge >= 0.3 is 0 Å². The average molecular weight is 420 g/mol. The van der Waals surface area contributed by atoms with Gasteiger partial charge in [0.25, 0.3) is 5.91 Å². The van der Waals surface area contributed by atoms with Crippen molar-refractivity contribution in [2.75, 3.05) is 11.5 Å². The van der Waals surface area contributed by atoms with Gasteiger partial charge in [0, 0.05) is 0 Å². The number of carbonyl (C=O) groups is 1. The molecule has 10 heteroatoms. The van der Waals surface area contributed by atoms with Crippen molar-refractivity contribution < 1.29 is 17.6 Å². The summed E-state index contributed by atoms with van der Waals surface area (Å²) in [4.78, 5) is 17.9. The first-order valence-electron chi connectivity index (χ1n) is 8.55. The summed E-state index contributed by atoms with van der Waals surface area (Å²) in [6, 6.07) is 9.41. The van der Waals surface area contributed by atoms with Gasteiger partial charge in [0.15, 0.2) is 15.7 Å². The van der Waals surface area contributed by atoms with Crippen molar-refractivity contribution in [2.45, 2.75) is 18.9 Å². The van der Waals surface area contributed by atoms with Crippen molar-refractivity contribution in [3.05, 3.63) is 53.4 Å². The monoisotopic (exact) mass is 420 g/mol. The van der Waals surface area contributed by atoms with Gasteiger partial charge in [-0.15, -0.1) is 16.4 Å². The standard InChI is InChI=1S/C18H17FN4O3S2/c1-18(8-10-28(25,26)11-18)21-17(24)15-20-16(14-3-2-9-27-14)23(22-15)13-6-4-12(19)5-7-13/h2-7,9H,8,10-11H2,1H3,(H,21,24). The van der Waals surface area contributed by atoms with Crippen LogP contribution in [0.25, 0.3) is 16.4 Å². The molecule has 3 aromatic rings. The molecule has 1 fully saturated rings. The van der Waals surface area contributed by atoms with Crippen LogP contribution in [-0.4, -0.2) is 46.1 Å². The van der Waals surface area contributed by atoms with E-state index in [1.807, 2.05) is 17.5 Å². The van der Waals surface area contributed by atoms with E-state index in [2.05, 4.69) is 15.4 Å². The number of nitrogens with zero attached hydrogens (tertiary/aromatic N) is 3. The quantitative estimate of drug-likeness (QED) is 0.700. The molecular weight excluding hydrogens is 403 g/mol. The fourth-order valence-corrected chi connectivity index (χ4v) is 5.97. The summed E-state index contributed by atoms with van der Waals surface area (Å²) < 4.78 is 38.3. The Kier molecular flexibility index (Phi) is 4.54. The topological polar surface area (TPSA) is 93.9 Å². The molecule has 1 N–H and O–H groups in total. The van der Waals surface area contributed by atoms with Gasteiger partial charge in [-0.3, -0.25) is 4.79 Å². The lowest BCUT2D eigenvalue weighted by Gasteiger charge is -2.22. The number of amides is 1. The zero-order chi connectivity index (χ0) is 19.9. The molecule has 0 aliphatic carbocycles. The molecule has 1 saturated heterocycles. The van der Waals surface area contributed by atoms with Crippen molar-refractivity contribution in [1.82, 2.24) is 20.1 Å². The Morgan fingerprint density at radius 2 is 2.04 bits per heavy atom. The first kappa shape index (κ1) is 18.8. The first-order chi connectivity index (χ1) is 13.2. The molecule has 2 aromatic heterocycles. The molecule has 3 heterocycles. The third-order valence-corrected chi connectivity index (χ3v) is 7.31. The van der Waals surface area contributed by atoms with Crippen LogP contribution < -0.4 is 5.32 Å². The fraction of sp³-hybridized carbons (Fsp3) is 0.278. The van der Waals surface area contributed by atoms with Crippen molar-refractivity contribution in [1.29, 1.82) is 0 Å². The Bertz CT molecular complexity index is 1120. The van der Waals surface area contributed by atoms with Gasteiger partial charge in [-0.25, -0.2) is 22.5 Å². The Balaban J connectivity index is 1.69. The minimum atomic E-state index is -3.16. The SMILES string of the molecule is CC1(NC(=O)c2nc(-c3cccs3)n(-c3ccc(F)cc3)n2)CCS(=O)(=O)C1. The highest BCUT2D eigenvalue weighted by Crippen LogP contribution is 2.27. The average Bonchev–Trinajstić information content (AvgIpc) is 3.34. The van der Waals surface area contributed by atoms with Crippen LogP contribution in [-0.2, 0) is 9.84 Å². The maximum absolute atomic E-state index is 13.3. The largest absolute Gasteiger partial charge is 0.343 e. The zero-order valence-corrected chi connectivity index (χ0v) is 16.6. The molecule has 0 saturated carbocycles. The number of carbonyl (C=O) groups excluding carboxylic acids is 1. The van der Waals surface area contributed by atoms with Gasteiger partial charge in [0.1, 0.15) is 5.82 Å². The molecule has 28 heavy (non-hydrogen) atoms. The van der Waals surface area contributed by atoms with Gasteiger partial charge in [0.2, 0.25) is 5.82 Å². The van der Waals surface area contributed by atoms with E-state index < -0.39 is 21.3 Å². The molecule has 1 aromatic carbocycles. The van der Waals surface area contributed by atoms with Crippen LogP contribution in [0.2, 0.25) is 0 Å². The highest BCUT2D eigenvalue weighted by Gasteiger charge is 2.40. The summed E-state index contributed by atoms with van der Waals surface area (Å²) in [5.74, 6) is -0.605. The van der Waals surface area contributed by atoms with Gasteiger partial charge in [-0.05, 0) is 49.1 Å².